The summed E-state index contributed by atoms with van der Waals surface area (Å²) in [4.78, 5) is 4.83. The third-order valence-corrected chi connectivity index (χ3v) is 4.45. The van der Waals surface area contributed by atoms with Crippen LogP contribution >= 0.6 is 31.9 Å². The van der Waals surface area contributed by atoms with E-state index in [-0.39, 0.29) is 0 Å². The average molecular weight is 407 g/mol. The Morgan fingerprint density at radius 3 is 2.38 bits per heavy atom. The van der Waals surface area contributed by atoms with Crippen molar-refractivity contribution in [3.05, 3.63) is 57.0 Å². The van der Waals surface area contributed by atoms with Crippen molar-refractivity contribution in [2.45, 2.75) is 6.92 Å². The van der Waals surface area contributed by atoms with Gasteiger partial charge in [0, 0.05) is 19.9 Å². The molecule has 0 aliphatic heterocycles. The molecule has 0 atom stereocenters. The Morgan fingerprint density at radius 2 is 1.71 bits per heavy atom. The van der Waals surface area contributed by atoms with E-state index in [1.165, 1.54) is 0 Å². The van der Waals surface area contributed by atoms with Crippen LogP contribution in [0.2, 0.25) is 0 Å². The van der Waals surface area contributed by atoms with Crippen molar-refractivity contribution in [1.82, 2.24) is 4.98 Å². The van der Waals surface area contributed by atoms with Gasteiger partial charge in [0.15, 0.2) is 0 Å². The van der Waals surface area contributed by atoms with Crippen molar-refractivity contribution < 1.29 is 4.74 Å². The molecule has 1 aromatic heterocycles. The van der Waals surface area contributed by atoms with Gasteiger partial charge in [-0.15, -0.1) is 0 Å². The lowest BCUT2D eigenvalue weighted by Crippen LogP contribution is -1.91. The summed E-state index contributed by atoms with van der Waals surface area (Å²) in [6.45, 7) is 2.08. The highest BCUT2D eigenvalue weighted by atomic mass is 79.9. The molecule has 0 radical (unpaired) electrons. The van der Waals surface area contributed by atoms with E-state index in [1.54, 1.807) is 7.11 Å². The number of rotatable bonds is 2. The van der Waals surface area contributed by atoms with Gasteiger partial charge in [-0.1, -0.05) is 15.9 Å². The van der Waals surface area contributed by atoms with Crippen LogP contribution in [-0.4, -0.2) is 12.1 Å². The molecule has 0 aliphatic rings. The summed E-state index contributed by atoms with van der Waals surface area (Å²) in [6, 6.07) is 14.2. The minimum atomic E-state index is 0.849. The zero-order chi connectivity index (χ0) is 15.0. The van der Waals surface area contributed by atoms with E-state index in [1.807, 2.05) is 30.3 Å². The van der Waals surface area contributed by atoms with E-state index in [2.05, 4.69) is 50.9 Å². The Morgan fingerprint density at radius 1 is 1.00 bits per heavy atom. The van der Waals surface area contributed by atoms with Crippen LogP contribution in [0.25, 0.3) is 22.2 Å². The van der Waals surface area contributed by atoms with Gasteiger partial charge < -0.3 is 4.74 Å². The van der Waals surface area contributed by atoms with Gasteiger partial charge in [-0.2, -0.15) is 0 Å². The van der Waals surface area contributed by atoms with E-state index in [9.17, 15) is 0 Å². The van der Waals surface area contributed by atoms with Crippen LogP contribution in [0.1, 0.15) is 5.56 Å². The molecule has 3 rings (SSSR count). The van der Waals surface area contributed by atoms with Crippen LogP contribution in [0.3, 0.4) is 0 Å². The summed E-state index contributed by atoms with van der Waals surface area (Å²) >= 11 is 7.10. The largest absolute Gasteiger partial charge is 0.497 e. The number of aromatic nitrogens is 1. The Hall–Kier alpha value is -1.39. The van der Waals surface area contributed by atoms with Crippen molar-refractivity contribution in [3.63, 3.8) is 0 Å². The Bertz CT molecular complexity index is 813. The van der Waals surface area contributed by atoms with Crippen LogP contribution < -0.4 is 4.74 Å². The zero-order valence-corrected chi connectivity index (χ0v) is 14.8. The maximum atomic E-state index is 5.20. The molecule has 0 N–H and O–H groups in total. The number of hydrogen-bond acceptors (Lipinski definition) is 2. The third-order valence-electron chi connectivity index (χ3n) is 3.39. The number of pyridine rings is 1. The minimum Gasteiger partial charge on any atom is -0.497 e. The molecule has 0 aliphatic carbocycles. The number of halogens is 2. The van der Waals surface area contributed by atoms with E-state index in [0.717, 1.165) is 42.4 Å². The summed E-state index contributed by atoms with van der Waals surface area (Å²) in [5.74, 6) is 0.849. The molecule has 0 unspecified atom stereocenters. The van der Waals surface area contributed by atoms with Crippen LogP contribution in [-0.2, 0) is 0 Å². The lowest BCUT2D eigenvalue weighted by Gasteiger charge is -2.10. The summed E-state index contributed by atoms with van der Waals surface area (Å²) in [5, 5.41) is 1.12. The van der Waals surface area contributed by atoms with Crippen molar-refractivity contribution in [2.24, 2.45) is 0 Å². The fraction of sp³-hybridized carbons (Fsp3) is 0.118. The maximum absolute atomic E-state index is 5.20. The third kappa shape index (κ3) is 2.83. The first-order valence-corrected chi connectivity index (χ1v) is 8.08. The Kier molecular flexibility index (Phi) is 4.00. The van der Waals surface area contributed by atoms with Crippen LogP contribution in [0, 0.1) is 6.92 Å². The quantitative estimate of drug-likeness (QED) is 0.540. The molecule has 0 amide bonds. The normalized spacial score (nSPS) is 10.9. The number of ether oxygens (including phenoxy) is 1. The number of methoxy groups -OCH3 is 1. The summed E-state index contributed by atoms with van der Waals surface area (Å²) in [7, 11) is 1.67. The molecule has 0 bridgehead atoms. The smallest absolute Gasteiger partial charge is 0.118 e. The molecule has 4 heteroatoms. The van der Waals surface area contributed by atoms with Crippen molar-refractivity contribution >= 4 is 42.8 Å². The predicted molar refractivity (Wildman–Crippen MR) is 93.9 cm³/mol. The second kappa shape index (κ2) is 5.78. The molecule has 0 saturated heterocycles. The fourth-order valence-corrected chi connectivity index (χ4v) is 3.70. The SMILES string of the molecule is COc1ccc(-c2nc3c(Br)cc(Br)cc3cc2C)cc1. The lowest BCUT2D eigenvalue weighted by atomic mass is 10.0. The number of aryl methyl sites for hydroxylation is 1. The molecular weight excluding hydrogens is 394 g/mol. The molecule has 3 aromatic rings. The standard InChI is InChI=1S/C17H13Br2NO/c1-10-7-12-8-13(18)9-15(19)17(12)20-16(10)11-3-5-14(21-2)6-4-11/h3-9H,1-2H3. The first-order valence-electron chi connectivity index (χ1n) is 6.49. The molecule has 2 aromatic carbocycles. The van der Waals surface area contributed by atoms with Gasteiger partial charge in [-0.3, -0.25) is 0 Å². The lowest BCUT2D eigenvalue weighted by molar-refractivity contribution is 0.415. The van der Waals surface area contributed by atoms with Crippen molar-refractivity contribution in [1.29, 1.82) is 0 Å². The first kappa shape index (κ1) is 14.5. The number of fused-ring (bicyclic) bond motifs is 1. The Balaban J connectivity index is 2.20. The van der Waals surface area contributed by atoms with Gasteiger partial charge in [0.05, 0.1) is 18.3 Å². The van der Waals surface area contributed by atoms with Gasteiger partial charge in [-0.25, -0.2) is 4.98 Å². The molecular formula is C17H13Br2NO. The second-order valence-corrected chi connectivity index (χ2v) is 6.61. The van der Waals surface area contributed by atoms with E-state index >= 15 is 0 Å². The van der Waals surface area contributed by atoms with Gasteiger partial charge in [-0.05, 0) is 70.9 Å². The number of nitrogens with zero attached hydrogens (tertiary/aromatic N) is 1. The maximum Gasteiger partial charge on any atom is 0.118 e. The average Bonchev–Trinajstić information content (AvgIpc) is 2.46. The van der Waals surface area contributed by atoms with E-state index in [0.29, 0.717) is 0 Å². The van der Waals surface area contributed by atoms with Crippen LogP contribution in [0.15, 0.2) is 51.4 Å². The van der Waals surface area contributed by atoms with Gasteiger partial charge in [0.1, 0.15) is 5.75 Å². The summed E-state index contributed by atoms with van der Waals surface area (Å²) in [5.41, 5.74) is 4.20. The monoisotopic (exact) mass is 405 g/mol. The second-order valence-electron chi connectivity index (χ2n) is 4.84. The first-order chi connectivity index (χ1) is 10.1. The summed E-state index contributed by atoms with van der Waals surface area (Å²) < 4.78 is 7.23. The minimum absolute atomic E-state index is 0.849. The molecule has 0 fully saturated rings. The topological polar surface area (TPSA) is 22.1 Å². The molecule has 2 nitrogen and oxygen atoms in total. The summed E-state index contributed by atoms with van der Waals surface area (Å²) in [6.07, 6.45) is 0. The van der Waals surface area contributed by atoms with Crippen LogP contribution in [0.5, 0.6) is 5.75 Å². The highest BCUT2D eigenvalue weighted by Gasteiger charge is 2.09. The molecule has 1 heterocycles. The fourth-order valence-electron chi connectivity index (χ4n) is 2.36. The molecule has 0 spiro atoms. The highest BCUT2D eigenvalue weighted by Crippen LogP contribution is 2.32. The molecule has 106 valence electrons. The van der Waals surface area contributed by atoms with Gasteiger partial charge in [0.2, 0.25) is 0 Å². The van der Waals surface area contributed by atoms with Gasteiger partial charge in [0.25, 0.3) is 0 Å². The van der Waals surface area contributed by atoms with Crippen LogP contribution in [0.4, 0.5) is 0 Å². The predicted octanol–water partition coefficient (Wildman–Crippen LogP) is 5.74. The molecule has 21 heavy (non-hydrogen) atoms. The van der Waals surface area contributed by atoms with Crippen molar-refractivity contribution in [2.75, 3.05) is 7.11 Å². The zero-order valence-electron chi connectivity index (χ0n) is 11.7. The van der Waals surface area contributed by atoms with E-state index < -0.39 is 0 Å². The Labute approximate surface area is 140 Å². The van der Waals surface area contributed by atoms with E-state index in [4.69, 9.17) is 9.72 Å². The number of benzene rings is 2. The highest BCUT2D eigenvalue weighted by molar-refractivity contribution is 9.11. The molecule has 0 saturated carbocycles. The van der Waals surface area contributed by atoms with Crippen molar-refractivity contribution in [3.8, 4) is 17.0 Å². The number of hydrogen-bond donors (Lipinski definition) is 0. The van der Waals surface area contributed by atoms with Gasteiger partial charge >= 0.3 is 0 Å².